The third-order valence-electron chi connectivity index (χ3n) is 3.37. The summed E-state index contributed by atoms with van der Waals surface area (Å²) in [7, 11) is 1.41. The fourth-order valence-electron chi connectivity index (χ4n) is 2.24. The van der Waals surface area contributed by atoms with Gasteiger partial charge in [0.05, 0.1) is 5.69 Å². The molecule has 0 spiro atoms. The first-order chi connectivity index (χ1) is 10.6. The van der Waals surface area contributed by atoms with Crippen LogP contribution in [0.4, 0.5) is 14.9 Å². The van der Waals surface area contributed by atoms with Crippen LogP contribution in [0.2, 0.25) is 0 Å². The van der Waals surface area contributed by atoms with Crippen molar-refractivity contribution in [1.82, 2.24) is 4.90 Å². The zero-order valence-electron chi connectivity index (χ0n) is 11.8. The number of hydrogen-bond acceptors (Lipinski definition) is 3. The third-order valence-corrected chi connectivity index (χ3v) is 4.55. The van der Waals surface area contributed by atoms with Gasteiger partial charge in [-0.25, -0.2) is 9.18 Å². The lowest BCUT2D eigenvalue weighted by Crippen LogP contribution is -2.33. The second-order valence-corrected chi connectivity index (χ2v) is 5.94. The van der Waals surface area contributed by atoms with E-state index in [1.54, 1.807) is 12.1 Å². The second-order valence-electron chi connectivity index (χ2n) is 4.78. The molecule has 2 aromatic carbocycles. The average molecular weight is 316 g/mol. The topological polar surface area (TPSA) is 40.6 Å². The Morgan fingerprint density at radius 1 is 1.00 bits per heavy atom. The van der Waals surface area contributed by atoms with E-state index in [1.165, 1.54) is 35.8 Å². The summed E-state index contributed by atoms with van der Waals surface area (Å²) in [5, 5.41) is -0.809. The molecule has 6 heteroatoms. The van der Waals surface area contributed by atoms with Gasteiger partial charge in [0.25, 0.3) is 5.91 Å². The van der Waals surface area contributed by atoms with Crippen molar-refractivity contribution in [2.24, 2.45) is 0 Å². The molecule has 1 atom stereocenters. The van der Waals surface area contributed by atoms with Crippen LogP contribution in [0, 0.1) is 5.82 Å². The number of halogens is 1. The summed E-state index contributed by atoms with van der Waals surface area (Å²) in [6.45, 7) is 0. The van der Waals surface area contributed by atoms with E-state index in [4.69, 9.17) is 0 Å². The molecule has 22 heavy (non-hydrogen) atoms. The van der Waals surface area contributed by atoms with Crippen molar-refractivity contribution in [3.05, 3.63) is 60.4 Å². The first kappa shape index (κ1) is 14.6. The zero-order chi connectivity index (χ0) is 15.7. The van der Waals surface area contributed by atoms with Crippen molar-refractivity contribution >= 4 is 29.4 Å². The summed E-state index contributed by atoms with van der Waals surface area (Å²) in [4.78, 5) is 27.7. The number of para-hydroxylation sites is 1. The number of nitrogens with zero attached hydrogens (tertiary/aromatic N) is 2. The Balaban J connectivity index is 2.00. The molecule has 1 heterocycles. The maximum Gasteiger partial charge on any atom is 0.332 e. The van der Waals surface area contributed by atoms with E-state index in [9.17, 15) is 14.0 Å². The molecule has 1 saturated heterocycles. The quantitative estimate of drug-likeness (QED) is 0.816. The number of carbonyl (C=O) groups excluding carboxylic acids is 2. The summed E-state index contributed by atoms with van der Waals surface area (Å²) in [6, 6.07) is 14.7. The highest BCUT2D eigenvalue weighted by molar-refractivity contribution is 8.00. The first-order valence-electron chi connectivity index (χ1n) is 6.66. The Morgan fingerprint density at radius 3 is 2.32 bits per heavy atom. The van der Waals surface area contributed by atoms with Crippen LogP contribution in [0.25, 0.3) is 0 Å². The number of anilines is 1. The maximum atomic E-state index is 14.0. The lowest BCUT2D eigenvalue weighted by Gasteiger charge is -2.21. The monoisotopic (exact) mass is 316 g/mol. The summed E-state index contributed by atoms with van der Waals surface area (Å²) in [5.74, 6) is -0.889. The van der Waals surface area contributed by atoms with Gasteiger partial charge in [0.1, 0.15) is 5.82 Å². The fraction of sp³-hybridized carbons (Fsp3) is 0.125. The molecule has 0 aliphatic carbocycles. The van der Waals surface area contributed by atoms with Gasteiger partial charge in [-0.2, -0.15) is 0 Å². The van der Waals surface area contributed by atoms with E-state index in [-0.39, 0.29) is 11.6 Å². The van der Waals surface area contributed by atoms with E-state index < -0.39 is 17.2 Å². The molecule has 0 radical (unpaired) electrons. The van der Waals surface area contributed by atoms with Gasteiger partial charge in [-0.15, -0.1) is 0 Å². The highest BCUT2D eigenvalue weighted by Crippen LogP contribution is 2.36. The van der Waals surface area contributed by atoms with Gasteiger partial charge in [0.2, 0.25) is 0 Å². The minimum atomic E-state index is -0.809. The first-order valence-corrected chi connectivity index (χ1v) is 7.54. The Hall–Kier alpha value is -2.34. The number of hydrogen-bond donors (Lipinski definition) is 0. The molecule has 112 valence electrons. The molecule has 3 amide bonds. The van der Waals surface area contributed by atoms with Crippen LogP contribution < -0.4 is 4.90 Å². The van der Waals surface area contributed by atoms with Gasteiger partial charge < -0.3 is 0 Å². The van der Waals surface area contributed by atoms with Gasteiger partial charge in [-0.3, -0.25) is 14.6 Å². The van der Waals surface area contributed by atoms with Gasteiger partial charge in [-0.05, 0) is 24.3 Å². The summed E-state index contributed by atoms with van der Waals surface area (Å²) < 4.78 is 14.0. The Kier molecular flexibility index (Phi) is 3.85. The number of imide groups is 1. The van der Waals surface area contributed by atoms with E-state index in [1.807, 2.05) is 30.3 Å². The molecule has 1 aliphatic rings. The van der Waals surface area contributed by atoms with E-state index in [2.05, 4.69) is 0 Å². The van der Waals surface area contributed by atoms with Gasteiger partial charge in [0, 0.05) is 11.9 Å². The molecule has 0 bridgehead atoms. The molecule has 1 unspecified atom stereocenters. The van der Waals surface area contributed by atoms with Crippen LogP contribution in [-0.2, 0) is 4.79 Å². The lowest BCUT2D eigenvalue weighted by atomic mass is 10.3. The van der Waals surface area contributed by atoms with Gasteiger partial charge in [-0.1, -0.05) is 42.1 Å². The van der Waals surface area contributed by atoms with E-state index in [0.29, 0.717) is 0 Å². The predicted octanol–water partition coefficient (Wildman–Crippen LogP) is 3.34. The lowest BCUT2D eigenvalue weighted by molar-refractivity contribution is -0.124. The fourth-order valence-corrected chi connectivity index (χ4v) is 3.38. The van der Waals surface area contributed by atoms with Crippen LogP contribution in [0.15, 0.2) is 59.5 Å². The van der Waals surface area contributed by atoms with E-state index in [0.717, 1.165) is 9.80 Å². The zero-order valence-corrected chi connectivity index (χ0v) is 12.6. The standard InChI is InChI=1S/C16H13FN2O2S/c1-18-14(20)15(22-11-7-3-2-4-8-11)19(16(18)21)13-10-6-5-9-12(13)17/h2-10,15H,1H3. The molecule has 0 aromatic heterocycles. The van der Waals surface area contributed by atoms with Crippen molar-refractivity contribution in [1.29, 1.82) is 0 Å². The maximum absolute atomic E-state index is 14.0. The molecular weight excluding hydrogens is 303 g/mol. The second kappa shape index (κ2) is 5.81. The highest BCUT2D eigenvalue weighted by Gasteiger charge is 2.45. The van der Waals surface area contributed by atoms with Gasteiger partial charge >= 0.3 is 6.03 Å². The van der Waals surface area contributed by atoms with Crippen LogP contribution in [0.3, 0.4) is 0 Å². The molecule has 2 aromatic rings. The SMILES string of the molecule is CN1C(=O)C(Sc2ccccc2)N(c2ccccc2F)C1=O. The van der Waals surface area contributed by atoms with E-state index >= 15 is 0 Å². The number of rotatable bonds is 3. The molecule has 0 saturated carbocycles. The van der Waals surface area contributed by atoms with Crippen LogP contribution in [0.1, 0.15) is 0 Å². The minimum absolute atomic E-state index is 0.110. The van der Waals surface area contributed by atoms with Crippen molar-refractivity contribution in [2.45, 2.75) is 10.3 Å². The van der Waals surface area contributed by atoms with Crippen molar-refractivity contribution < 1.29 is 14.0 Å². The Labute approximate surface area is 131 Å². The molecule has 3 rings (SSSR count). The number of likely N-dealkylation sites (N-methyl/N-ethyl adjacent to an activating group) is 1. The third kappa shape index (κ3) is 2.46. The summed E-state index contributed by atoms with van der Waals surface area (Å²) in [6.07, 6.45) is 0. The predicted molar refractivity (Wildman–Crippen MR) is 83.1 cm³/mol. The normalized spacial score (nSPS) is 18.2. The molecule has 1 aliphatic heterocycles. The molecule has 1 fully saturated rings. The number of carbonyl (C=O) groups is 2. The molecule has 4 nitrogen and oxygen atoms in total. The number of benzene rings is 2. The van der Waals surface area contributed by atoms with Crippen molar-refractivity contribution in [3.8, 4) is 0 Å². The van der Waals surface area contributed by atoms with Crippen molar-refractivity contribution in [2.75, 3.05) is 11.9 Å². The van der Waals surface area contributed by atoms with Crippen molar-refractivity contribution in [3.63, 3.8) is 0 Å². The Bertz CT molecular complexity index is 723. The smallest absolute Gasteiger partial charge is 0.271 e. The average Bonchev–Trinajstić information content (AvgIpc) is 2.74. The molecular formula is C16H13FN2O2S. The Morgan fingerprint density at radius 2 is 1.64 bits per heavy atom. The molecule has 0 N–H and O–H groups in total. The summed E-state index contributed by atoms with van der Waals surface area (Å²) in [5.41, 5.74) is 0.110. The minimum Gasteiger partial charge on any atom is -0.271 e. The number of urea groups is 1. The van der Waals surface area contributed by atoms with Crippen LogP contribution in [0.5, 0.6) is 0 Å². The van der Waals surface area contributed by atoms with Crippen LogP contribution in [-0.4, -0.2) is 29.3 Å². The highest BCUT2D eigenvalue weighted by atomic mass is 32.2. The number of amides is 3. The largest absolute Gasteiger partial charge is 0.332 e. The summed E-state index contributed by atoms with van der Waals surface area (Å²) >= 11 is 1.23. The van der Waals surface area contributed by atoms with Crippen LogP contribution >= 0.6 is 11.8 Å². The number of thioether (sulfide) groups is 1. The van der Waals surface area contributed by atoms with Gasteiger partial charge in [0.15, 0.2) is 5.37 Å².